The molecule has 2 heterocycles. The van der Waals surface area contributed by atoms with Crippen molar-refractivity contribution < 1.29 is 39.0 Å². The third-order valence-corrected chi connectivity index (χ3v) is 7.61. The molecule has 0 aliphatic carbocycles. The number of aromatic carboxylic acids is 2. The van der Waals surface area contributed by atoms with Crippen LogP contribution in [0, 0.1) is 0 Å². The van der Waals surface area contributed by atoms with E-state index in [-0.39, 0.29) is 54.8 Å². The van der Waals surface area contributed by atoms with Crippen molar-refractivity contribution in [3.63, 3.8) is 0 Å². The number of imide groups is 2. The Morgan fingerprint density at radius 2 is 0.857 bits per heavy atom. The van der Waals surface area contributed by atoms with Crippen LogP contribution in [0.2, 0.25) is 10.0 Å². The maximum atomic E-state index is 13.4. The summed E-state index contributed by atoms with van der Waals surface area (Å²) in [5, 5.41) is 18.7. The first-order valence-electron chi connectivity index (χ1n) is 12.1. The van der Waals surface area contributed by atoms with Gasteiger partial charge in [-0.25, -0.2) is 19.4 Å². The van der Waals surface area contributed by atoms with Crippen LogP contribution in [0.4, 0.5) is 11.4 Å². The predicted octanol–water partition coefficient (Wildman–Crippen LogP) is 5.66. The van der Waals surface area contributed by atoms with Crippen LogP contribution in [-0.4, -0.2) is 45.8 Å². The first kappa shape index (κ1) is 26.9. The molecule has 4 aromatic rings. The zero-order valence-electron chi connectivity index (χ0n) is 20.9. The van der Waals surface area contributed by atoms with Crippen molar-refractivity contribution in [1.29, 1.82) is 0 Å². The van der Waals surface area contributed by atoms with Crippen LogP contribution < -0.4 is 9.80 Å². The van der Waals surface area contributed by atoms with E-state index < -0.39 is 35.6 Å². The predicted molar refractivity (Wildman–Crippen MR) is 151 cm³/mol. The van der Waals surface area contributed by atoms with Gasteiger partial charge in [-0.15, -0.1) is 0 Å². The highest BCUT2D eigenvalue weighted by atomic mass is 35.5. The van der Waals surface area contributed by atoms with Gasteiger partial charge in [0.25, 0.3) is 23.6 Å². The van der Waals surface area contributed by atoms with E-state index in [1.165, 1.54) is 48.5 Å². The third-order valence-electron chi connectivity index (χ3n) is 6.97. The van der Waals surface area contributed by atoms with E-state index in [1.54, 1.807) is 12.1 Å². The van der Waals surface area contributed by atoms with Gasteiger partial charge in [-0.3, -0.25) is 19.2 Å². The van der Waals surface area contributed by atoms with Crippen molar-refractivity contribution >= 4 is 70.1 Å². The molecule has 10 nitrogen and oxygen atoms in total. The fourth-order valence-electron chi connectivity index (χ4n) is 4.91. The molecule has 2 aliphatic heterocycles. The molecule has 0 bridgehead atoms. The van der Waals surface area contributed by atoms with Crippen LogP contribution >= 0.6 is 23.2 Å². The van der Waals surface area contributed by atoms with Gasteiger partial charge in [0.2, 0.25) is 0 Å². The average molecular weight is 601 g/mol. The Hall–Kier alpha value is -5.32. The highest BCUT2D eigenvalue weighted by Crippen LogP contribution is 2.38. The van der Waals surface area contributed by atoms with E-state index in [0.717, 1.165) is 21.9 Å². The zero-order chi connectivity index (χ0) is 30.0. The van der Waals surface area contributed by atoms with E-state index in [4.69, 9.17) is 23.2 Å². The second-order valence-corrected chi connectivity index (χ2v) is 10.2. The molecule has 4 amide bonds. The lowest BCUT2D eigenvalue weighted by molar-refractivity contribution is 0.0686. The van der Waals surface area contributed by atoms with Crippen LogP contribution in [0.3, 0.4) is 0 Å². The molecular weight excluding hydrogens is 587 g/mol. The van der Waals surface area contributed by atoms with E-state index in [9.17, 15) is 39.0 Å². The number of amides is 4. The normalized spacial score (nSPS) is 14.0. The summed E-state index contributed by atoms with van der Waals surface area (Å²) >= 11 is 12.4. The lowest BCUT2D eigenvalue weighted by Gasteiger charge is -2.16. The summed E-state index contributed by atoms with van der Waals surface area (Å²) in [7, 11) is 0. The van der Waals surface area contributed by atoms with E-state index in [1.807, 2.05) is 0 Å². The highest BCUT2D eigenvalue weighted by Gasteiger charge is 2.40. The van der Waals surface area contributed by atoms with Gasteiger partial charge in [-0.1, -0.05) is 35.3 Å². The largest absolute Gasteiger partial charge is 0.478 e. The van der Waals surface area contributed by atoms with Gasteiger partial charge in [0.15, 0.2) is 0 Å². The van der Waals surface area contributed by atoms with Gasteiger partial charge in [0.05, 0.1) is 54.8 Å². The van der Waals surface area contributed by atoms with Crippen LogP contribution in [0.25, 0.3) is 11.1 Å². The Kier molecular flexibility index (Phi) is 6.18. The minimum absolute atomic E-state index is 0.00933. The van der Waals surface area contributed by atoms with Crippen LogP contribution in [-0.2, 0) is 0 Å². The zero-order valence-corrected chi connectivity index (χ0v) is 22.4. The van der Waals surface area contributed by atoms with Crippen LogP contribution in [0.1, 0.15) is 62.1 Å². The second kappa shape index (κ2) is 9.65. The van der Waals surface area contributed by atoms with Crippen molar-refractivity contribution in [2.45, 2.75) is 0 Å². The molecular formula is C30H14Cl2N2O8. The van der Waals surface area contributed by atoms with Gasteiger partial charge < -0.3 is 10.2 Å². The minimum Gasteiger partial charge on any atom is -0.478 e. The first-order valence-corrected chi connectivity index (χ1v) is 12.8. The van der Waals surface area contributed by atoms with Gasteiger partial charge in [-0.2, -0.15) is 0 Å². The van der Waals surface area contributed by atoms with Crippen molar-refractivity contribution in [2.75, 3.05) is 9.80 Å². The molecule has 206 valence electrons. The maximum absolute atomic E-state index is 13.4. The minimum atomic E-state index is -1.26. The Morgan fingerprint density at radius 3 is 1.21 bits per heavy atom. The van der Waals surface area contributed by atoms with Gasteiger partial charge >= 0.3 is 11.9 Å². The number of rotatable bonds is 5. The molecule has 0 fully saturated rings. The molecule has 0 radical (unpaired) electrons. The second-order valence-electron chi connectivity index (χ2n) is 9.35. The number of halogens is 2. The maximum Gasteiger partial charge on any atom is 0.335 e. The quantitative estimate of drug-likeness (QED) is 0.279. The van der Waals surface area contributed by atoms with Gasteiger partial charge in [0.1, 0.15) is 0 Å². The number of hydrogen-bond donors (Lipinski definition) is 2. The number of carboxylic acids is 2. The van der Waals surface area contributed by atoms with Crippen LogP contribution in [0.5, 0.6) is 0 Å². The summed E-state index contributed by atoms with van der Waals surface area (Å²) < 4.78 is 0. The van der Waals surface area contributed by atoms with E-state index in [2.05, 4.69) is 0 Å². The fraction of sp³-hybridized carbons (Fsp3) is 0. The Balaban J connectivity index is 1.36. The lowest BCUT2D eigenvalue weighted by atomic mass is 9.97. The summed E-state index contributed by atoms with van der Waals surface area (Å²) in [6, 6.07) is 16.3. The number of carbonyl (C=O) groups excluding carboxylic acids is 4. The first-order chi connectivity index (χ1) is 20.0. The summed E-state index contributed by atoms with van der Waals surface area (Å²) in [6.45, 7) is 0. The number of benzene rings is 4. The summed E-state index contributed by atoms with van der Waals surface area (Å²) in [5.74, 6) is -5.31. The smallest absolute Gasteiger partial charge is 0.335 e. The molecule has 0 aromatic heterocycles. The van der Waals surface area contributed by atoms with E-state index in [0.29, 0.717) is 11.1 Å². The Morgan fingerprint density at radius 1 is 0.500 bits per heavy atom. The highest BCUT2D eigenvalue weighted by molar-refractivity contribution is 6.41. The molecule has 0 unspecified atom stereocenters. The number of carboxylic acid groups (broad SMARTS) is 2. The number of anilines is 2. The average Bonchev–Trinajstić information content (AvgIpc) is 3.36. The van der Waals surface area contributed by atoms with Crippen molar-refractivity contribution in [3.8, 4) is 11.1 Å². The van der Waals surface area contributed by atoms with Gasteiger partial charge in [-0.05, 0) is 71.8 Å². The van der Waals surface area contributed by atoms with Gasteiger partial charge in [0, 0.05) is 0 Å². The molecule has 0 spiro atoms. The molecule has 6 rings (SSSR count). The lowest BCUT2D eigenvalue weighted by Crippen LogP contribution is -2.29. The topological polar surface area (TPSA) is 149 Å². The fourth-order valence-corrected chi connectivity index (χ4v) is 5.32. The Bertz CT molecular complexity index is 1830. The molecule has 0 saturated heterocycles. The molecule has 2 N–H and O–H groups in total. The summed E-state index contributed by atoms with van der Waals surface area (Å²) in [4.78, 5) is 77.5. The monoisotopic (exact) mass is 600 g/mol. The Labute approximate surface area is 245 Å². The molecule has 0 saturated carbocycles. The van der Waals surface area contributed by atoms with Crippen molar-refractivity contribution in [2.24, 2.45) is 0 Å². The van der Waals surface area contributed by atoms with Crippen LogP contribution in [0.15, 0.2) is 72.8 Å². The molecule has 42 heavy (non-hydrogen) atoms. The van der Waals surface area contributed by atoms with E-state index >= 15 is 0 Å². The molecule has 2 aliphatic rings. The summed E-state index contributed by atoms with van der Waals surface area (Å²) in [5.41, 5.74) is 0.673. The number of fused-ring (bicyclic) bond motifs is 2. The molecule has 0 atom stereocenters. The number of carbonyl (C=O) groups is 6. The SMILES string of the molecule is O=C(O)c1ccc(Cl)c(N2C(=O)c3ccc(-c4ccc5c(c4)C(=O)N(c4cc(C(=O)O)ccc4Cl)C5=O)cc3C2=O)c1. The number of hydrogen-bond acceptors (Lipinski definition) is 6. The number of nitrogens with zero attached hydrogens (tertiary/aromatic N) is 2. The standard InChI is InChI=1S/C30H14Cl2N2O8/c31-21-7-3-15(29(39)40)11-23(21)33-25(35)17-5-1-13(9-19(17)27(33)37)14-2-6-18-20(10-14)28(38)34(26(18)36)24-12-16(30(41)42)4-8-22(24)32/h1-12H,(H,39,40)(H,41,42). The summed E-state index contributed by atoms with van der Waals surface area (Å²) in [6.07, 6.45) is 0. The van der Waals surface area contributed by atoms with Crippen molar-refractivity contribution in [3.05, 3.63) is 116 Å². The van der Waals surface area contributed by atoms with Crippen molar-refractivity contribution in [1.82, 2.24) is 0 Å². The molecule has 4 aromatic carbocycles. The third kappa shape index (κ3) is 4.04. The molecule has 12 heteroatoms.